The number of hydrogen-bond acceptors (Lipinski definition) is 4. The highest BCUT2D eigenvalue weighted by Crippen LogP contribution is 2.54. The number of benzene rings is 4. The summed E-state index contributed by atoms with van der Waals surface area (Å²) in [6.45, 7) is -1.46. The van der Waals surface area contributed by atoms with E-state index < -0.39 is 67.7 Å². The lowest BCUT2D eigenvalue weighted by atomic mass is 9.88. The minimum absolute atomic E-state index is 0.108. The van der Waals surface area contributed by atoms with Gasteiger partial charge in [-0.2, -0.15) is 26.3 Å². The summed E-state index contributed by atoms with van der Waals surface area (Å²) >= 11 is 2.96. The van der Waals surface area contributed by atoms with Crippen LogP contribution in [0.15, 0.2) is 100 Å². The predicted octanol–water partition coefficient (Wildman–Crippen LogP) is 8.98. The van der Waals surface area contributed by atoms with Crippen LogP contribution in [-0.2, 0) is 38.1 Å². The van der Waals surface area contributed by atoms with Crippen LogP contribution in [0, 0.1) is 17.5 Å². The standard InChI is InChI=1S/C33H25BrF9NO3S/c34-26-17-24(13-14-29(26)37)48(45,46)30(15-16-44(20-30)18-21-5-2-1-3-6-21)22-9-11-23(12-10-22)31(32(38,39)40,33(41,42)43)47-19-25-27(35)7-4-8-28(25)36/h1-14,17H,15-16,18-20H2. The Labute approximate surface area is 278 Å². The van der Waals surface area contributed by atoms with E-state index in [2.05, 4.69) is 20.7 Å². The van der Waals surface area contributed by atoms with Crippen LogP contribution in [-0.4, -0.2) is 38.8 Å². The van der Waals surface area contributed by atoms with Gasteiger partial charge >= 0.3 is 12.4 Å². The van der Waals surface area contributed by atoms with Crippen molar-refractivity contribution in [3.63, 3.8) is 0 Å². The smallest absolute Gasteiger partial charge is 0.349 e. The van der Waals surface area contributed by atoms with Gasteiger partial charge in [-0.05, 0) is 63.8 Å². The first-order valence-corrected chi connectivity index (χ1v) is 16.5. The summed E-state index contributed by atoms with van der Waals surface area (Å²) in [5.74, 6) is -3.58. The Kier molecular flexibility index (Phi) is 9.83. The summed E-state index contributed by atoms with van der Waals surface area (Å²) in [4.78, 5) is 1.46. The first-order valence-electron chi connectivity index (χ1n) is 14.2. The molecule has 256 valence electrons. The van der Waals surface area contributed by atoms with E-state index in [9.17, 15) is 47.9 Å². The van der Waals surface area contributed by atoms with E-state index in [-0.39, 0.29) is 41.0 Å². The van der Waals surface area contributed by atoms with Crippen molar-refractivity contribution in [1.29, 1.82) is 0 Å². The molecule has 5 rings (SSSR count). The fourth-order valence-corrected chi connectivity index (χ4v) is 8.57. The molecule has 0 aliphatic carbocycles. The largest absolute Gasteiger partial charge is 0.430 e. The van der Waals surface area contributed by atoms with Crippen molar-refractivity contribution in [1.82, 2.24) is 4.90 Å². The molecule has 0 amide bonds. The number of sulfone groups is 1. The Hall–Kier alpha value is -3.40. The Morgan fingerprint density at radius 2 is 1.38 bits per heavy atom. The fourth-order valence-electron chi connectivity index (χ4n) is 5.91. The third-order valence-corrected chi connectivity index (χ3v) is 11.5. The molecule has 0 saturated carbocycles. The fraction of sp³-hybridized carbons (Fsp3) is 0.273. The second kappa shape index (κ2) is 13.1. The van der Waals surface area contributed by atoms with Crippen LogP contribution in [0.2, 0.25) is 0 Å². The average Bonchev–Trinajstić information content (AvgIpc) is 3.45. The van der Waals surface area contributed by atoms with Gasteiger partial charge in [0.05, 0.1) is 16.0 Å². The number of alkyl halides is 6. The van der Waals surface area contributed by atoms with Crippen molar-refractivity contribution >= 4 is 25.8 Å². The number of nitrogens with zero attached hydrogens (tertiary/aromatic N) is 1. The molecule has 48 heavy (non-hydrogen) atoms. The molecule has 1 unspecified atom stereocenters. The summed E-state index contributed by atoms with van der Waals surface area (Å²) in [6.07, 6.45) is -12.5. The van der Waals surface area contributed by atoms with E-state index in [4.69, 9.17) is 0 Å². The maximum atomic E-state index is 14.5. The molecule has 4 nitrogen and oxygen atoms in total. The number of ether oxygens (including phenoxy) is 1. The number of likely N-dealkylation sites (tertiary alicyclic amines) is 1. The van der Waals surface area contributed by atoms with E-state index in [1.165, 1.54) is 0 Å². The van der Waals surface area contributed by atoms with Crippen LogP contribution in [0.3, 0.4) is 0 Å². The number of hydrogen-bond donors (Lipinski definition) is 0. The molecule has 4 aromatic rings. The molecule has 1 aliphatic rings. The van der Waals surface area contributed by atoms with Crippen LogP contribution >= 0.6 is 15.9 Å². The lowest BCUT2D eigenvalue weighted by molar-refractivity contribution is -0.392. The molecule has 0 N–H and O–H groups in total. The van der Waals surface area contributed by atoms with Gasteiger partial charge in [0.2, 0.25) is 0 Å². The predicted molar refractivity (Wildman–Crippen MR) is 161 cm³/mol. The Balaban J connectivity index is 1.61. The molecule has 15 heteroatoms. The topological polar surface area (TPSA) is 46.6 Å². The van der Waals surface area contributed by atoms with Crippen LogP contribution in [0.1, 0.15) is 28.7 Å². The Morgan fingerprint density at radius 1 is 0.771 bits per heavy atom. The summed E-state index contributed by atoms with van der Waals surface area (Å²) < 4.78 is 160. The van der Waals surface area contributed by atoms with Gasteiger partial charge in [-0.3, -0.25) is 4.90 Å². The van der Waals surface area contributed by atoms with Crippen LogP contribution < -0.4 is 0 Å². The molecule has 1 saturated heterocycles. The highest BCUT2D eigenvalue weighted by molar-refractivity contribution is 9.10. The van der Waals surface area contributed by atoms with Crippen LogP contribution in [0.25, 0.3) is 0 Å². The lowest BCUT2D eigenvalue weighted by Gasteiger charge is -2.38. The zero-order valence-electron chi connectivity index (χ0n) is 24.6. The van der Waals surface area contributed by atoms with Gasteiger partial charge in [0.15, 0.2) is 9.84 Å². The van der Waals surface area contributed by atoms with Crippen LogP contribution in [0.5, 0.6) is 0 Å². The first kappa shape index (κ1) is 35.9. The van der Waals surface area contributed by atoms with Crippen molar-refractivity contribution in [3.05, 3.63) is 135 Å². The van der Waals surface area contributed by atoms with Gasteiger partial charge in [0.1, 0.15) is 22.2 Å². The molecule has 1 aliphatic heterocycles. The maximum Gasteiger partial charge on any atom is 0.430 e. The summed E-state index contributed by atoms with van der Waals surface area (Å²) in [5, 5.41) is 0. The molecular weight excluding hydrogens is 741 g/mol. The van der Waals surface area contributed by atoms with Gasteiger partial charge in [-0.15, -0.1) is 0 Å². The molecule has 1 fully saturated rings. The SMILES string of the molecule is O=S(=O)(c1ccc(F)c(Br)c1)C1(c2ccc(C(OCc3c(F)cccc3F)(C(F)(F)F)C(F)(F)F)cc2)CCN(Cc2ccccc2)C1. The van der Waals surface area contributed by atoms with Gasteiger partial charge in [0, 0.05) is 30.8 Å². The zero-order valence-corrected chi connectivity index (χ0v) is 27.0. The van der Waals surface area contributed by atoms with E-state index in [1.807, 2.05) is 0 Å². The minimum Gasteiger partial charge on any atom is -0.349 e. The first-order chi connectivity index (χ1) is 22.4. The van der Waals surface area contributed by atoms with E-state index in [0.29, 0.717) is 24.3 Å². The van der Waals surface area contributed by atoms with Crippen molar-refractivity contribution in [3.8, 4) is 0 Å². The average molecular weight is 767 g/mol. The second-order valence-corrected chi connectivity index (χ2v) is 14.4. The Morgan fingerprint density at radius 3 is 1.94 bits per heavy atom. The third-order valence-electron chi connectivity index (χ3n) is 8.39. The highest BCUT2D eigenvalue weighted by Gasteiger charge is 2.73. The van der Waals surface area contributed by atoms with Crippen molar-refractivity contribution in [2.45, 2.75) is 47.2 Å². The second-order valence-electron chi connectivity index (χ2n) is 11.3. The molecule has 0 spiro atoms. The normalized spacial score (nSPS) is 18.0. The minimum atomic E-state index is -6.18. The van der Waals surface area contributed by atoms with Gasteiger partial charge in [0.25, 0.3) is 5.60 Å². The molecule has 0 bridgehead atoms. The molecule has 1 heterocycles. The third kappa shape index (κ3) is 6.37. The van der Waals surface area contributed by atoms with Crippen molar-refractivity contribution < 1.29 is 52.7 Å². The quantitative estimate of drug-likeness (QED) is 0.126. The monoisotopic (exact) mass is 765 g/mol. The summed E-state index contributed by atoms with van der Waals surface area (Å²) in [5.41, 5.74) is -6.98. The molecule has 4 aromatic carbocycles. The Bertz CT molecular complexity index is 1850. The molecular formula is C33H25BrF9NO3S. The van der Waals surface area contributed by atoms with Gasteiger partial charge in [-0.25, -0.2) is 21.6 Å². The van der Waals surface area contributed by atoms with Crippen molar-refractivity contribution in [2.75, 3.05) is 13.1 Å². The molecule has 0 radical (unpaired) electrons. The lowest BCUT2D eigenvalue weighted by Crippen LogP contribution is -2.56. The van der Waals surface area contributed by atoms with Crippen LogP contribution in [0.4, 0.5) is 39.5 Å². The number of halogens is 10. The summed E-state index contributed by atoms with van der Waals surface area (Å²) in [7, 11) is -4.48. The van der Waals surface area contributed by atoms with E-state index in [1.54, 1.807) is 35.2 Å². The van der Waals surface area contributed by atoms with E-state index in [0.717, 1.165) is 42.0 Å². The van der Waals surface area contributed by atoms with Gasteiger partial charge in [-0.1, -0.05) is 60.7 Å². The highest BCUT2D eigenvalue weighted by atomic mass is 79.9. The van der Waals surface area contributed by atoms with E-state index >= 15 is 0 Å². The van der Waals surface area contributed by atoms with Gasteiger partial charge < -0.3 is 4.74 Å². The van der Waals surface area contributed by atoms with Crippen molar-refractivity contribution in [2.24, 2.45) is 0 Å². The summed E-state index contributed by atoms with van der Waals surface area (Å²) in [6, 6.07) is 16.7. The zero-order chi connectivity index (χ0) is 35.1. The molecule has 1 atom stereocenters. The number of rotatable bonds is 9. The maximum absolute atomic E-state index is 14.5. The molecule has 0 aromatic heterocycles.